The Morgan fingerprint density at radius 1 is 1.45 bits per heavy atom. The van der Waals surface area contributed by atoms with Crippen LogP contribution in [0.15, 0.2) is 12.1 Å². The topological polar surface area (TPSA) is 67.3 Å². The summed E-state index contributed by atoms with van der Waals surface area (Å²) in [5.41, 5.74) is 2.25. The van der Waals surface area contributed by atoms with E-state index in [4.69, 9.17) is 16.3 Å². The minimum Gasteiger partial charge on any atom is -0.389 e. The molecular weight excluding hydrogens is 298 g/mol. The third-order valence-corrected chi connectivity index (χ3v) is 3.70. The fraction of sp³-hybridized carbons (Fsp3) is 0.538. The Kier molecular flexibility index (Phi) is 5.97. The monoisotopic (exact) mass is 315 g/mol. The smallest absolute Gasteiger partial charge is 0.129 e. The number of hydrogen-bond donors (Lipinski definition) is 2. The molecule has 5 nitrogen and oxygen atoms in total. The lowest BCUT2D eigenvalue weighted by Crippen LogP contribution is -2.25. The van der Waals surface area contributed by atoms with Crippen LogP contribution in [0.2, 0.25) is 5.02 Å². The molecule has 1 atom stereocenters. The maximum absolute atomic E-state index is 9.86. The molecule has 0 aliphatic heterocycles. The normalized spacial score (nSPS) is 12.8. The molecule has 20 heavy (non-hydrogen) atoms. The van der Waals surface area contributed by atoms with E-state index < -0.39 is 6.10 Å². The summed E-state index contributed by atoms with van der Waals surface area (Å²) in [7, 11) is 0. The van der Waals surface area contributed by atoms with E-state index >= 15 is 0 Å². The number of hydrogen-bond acceptors (Lipinski definition) is 6. The highest BCUT2D eigenvalue weighted by Crippen LogP contribution is 2.29. The average molecular weight is 316 g/mol. The quantitative estimate of drug-likeness (QED) is 0.733. The molecule has 0 spiro atoms. The van der Waals surface area contributed by atoms with Gasteiger partial charge in [0.2, 0.25) is 0 Å². The molecule has 0 aliphatic carbocycles. The summed E-state index contributed by atoms with van der Waals surface area (Å²) < 4.78 is 13.8. The lowest BCUT2D eigenvalue weighted by molar-refractivity contribution is 0.0422. The molecular formula is C13H18ClN3O2S. The molecule has 1 aromatic carbocycles. The summed E-state index contributed by atoms with van der Waals surface area (Å²) in [6, 6.07) is 3.61. The zero-order valence-corrected chi connectivity index (χ0v) is 12.9. The van der Waals surface area contributed by atoms with Crippen molar-refractivity contribution in [2.75, 3.05) is 25.1 Å². The fourth-order valence-electron chi connectivity index (χ4n) is 1.74. The molecule has 110 valence electrons. The van der Waals surface area contributed by atoms with Gasteiger partial charge in [0.15, 0.2) is 0 Å². The Bertz CT molecular complexity index is 549. The van der Waals surface area contributed by atoms with Crippen molar-refractivity contribution in [1.29, 1.82) is 0 Å². The van der Waals surface area contributed by atoms with Crippen molar-refractivity contribution in [3.8, 4) is 0 Å². The SMILES string of the molecule is CCCCOCC(O)CNc1c(Cl)ccc2nsnc12. The van der Waals surface area contributed by atoms with E-state index in [-0.39, 0.29) is 0 Å². The molecule has 1 heterocycles. The van der Waals surface area contributed by atoms with Crippen molar-refractivity contribution in [3.63, 3.8) is 0 Å². The maximum Gasteiger partial charge on any atom is 0.129 e. The second-order valence-corrected chi connectivity index (χ2v) is 5.45. The summed E-state index contributed by atoms with van der Waals surface area (Å²) in [6.45, 7) is 3.46. The van der Waals surface area contributed by atoms with Gasteiger partial charge in [-0.15, -0.1) is 0 Å². The predicted molar refractivity (Wildman–Crippen MR) is 82.6 cm³/mol. The number of aromatic nitrogens is 2. The minimum absolute atomic E-state index is 0.315. The van der Waals surface area contributed by atoms with Gasteiger partial charge in [-0.05, 0) is 18.6 Å². The highest BCUT2D eigenvalue weighted by molar-refractivity contribution is 7.00. The van der Waals surface area contributed by atoms with E-state index in [1.807, 2.05) is 6.07 Å². The van der Waals surface area contributed by atoms with Crippen molar-refractivity contribution in [2.24, 2.45) is 0 Å². The number of rotatable bonds is 8. The van der Waals surface area contributed by atoms with Crippen LogP contribution < -0.4 is 5.32 Å². The number of aliphatic hydroxyl groups excluding tert-OH is 1. The zero-order chi connectivity index (χ0) is 14.4. The van der Waals surface area contributed by atoms with Gasteiger partial charge in [0.05, 0.1) is 35.1 Å². The lowest BCUT2D eigenvalue weighted by atomic mass is 10.2. The number of aliphatic hydroxyl groups is 1. The Morgan fingerprint density at radius 2 is 2.30 bits per heavy atom. The molecule has 0 saturated carbocycles. The fourth-order valence-corrected chi connectivity index (χ4v) is 2.50. The van der Waals surface area contributed by atoms with E-state index in [1.54, 1.807) is 6.07 Å². The molecule has 2 aromatic rings. The molecule has 0 fully saturated rings. The van der Waals surface area contributed by atoms with Gasteiger partial charge in [-0.3, -0.25) is 0 Å². The molecule has 2 N–H and O–H groups in total. The van der Waals surface area contributed by atoms with Crippen LogP contribution >= 0.6 is 23.3 Å². The third kappa shape index (κ3) is 4.02. The van der Waals surface area contributed by atoms with Crippen LogP contribution in [0.1, 0.15) is 19.8 Å². The Morgan fingerprint density at radius 3 is 3.10 bits per heavy atom. The Hall–Kier alpha value is -0.950. The molecule has 2 rings (SSSR count). The van der Waals surface area contributed by atoms with Crippen LogP contribution in [0, 0.1) is 0 Å². The number of ether oxygens (including phenoxy) is 1. The zero-order valence-electron chi connectivity index (χ0n) is 11.3. The molecule has 0 saturated heterocycles. The van der Waals surface area contributed by atoms with E-state index in [2.05, 4.69) is 21.0 Å². The highest BCUT2D eigenvalue weighted by Gasteiger charge is 2.11. The van der Waals surface area contributed by atoms with Gasteiger partial charge in [0.25, 0.3) is 0 Å². The lowest BCUT2D eigenvalue weighted by Gasteiger charge is -2.14. The van der Waals surface area contributed by atoms with E-state index in [0.29, 0.717) is 30.5 Å². The van der Waals surface area contributed by atoms with Gasteiger partial charge >= 0.3 is 0 Å². The molecule has 0 amide bonds. The number of anilines is 1. The van der Waals surface area contributed by atoms with E-state index in [9.17, 15) is 5.11 Å². The summed E-state index contributed by atoms with van der Waals surface area (Å²) in [4.78, 5) is 0. The standard InChI is InChI=1S/C13H18ClN3O2S/c1-2-3-6-19-8-9(18)7-15-12-10(14)4-5-11-13(12)17-20-16-11/h4-5,9,15,18H,2-3,6-8H2,1H3. The van der Waals surface area contributed by atoms with Crippen LogP contribution in [0.25, 0.3) is 11.0 Å². The minimum atomic E-state index is -0.579. The van der Waals surface area contributed by atoms with Crippen molar-refractivity contribution in [3.05, 3.63) is 17.2 Å². The van der Waals surface area contributed by atoms with Crippen molar-refractivity contribution < 1.29 is 9.84 Å². The van der Waals surface area contributed by atoms with Crippen molar-refractivity contribution >= 4 is 40.0 Å². The first-order chi connectivity index (χ1) is 9.72. The third-order valence-electron chi connectivity index (χ3n) is 2.84. The van der Waals surface area contributed by atoms with Gasteiger partial charge < -0.3 is 15.2 Å². The molecule has 1 aromatic heterocycles. The van der Waals surface area contributed by atoms with E-state index in [1.165, 1.54) is 0 Å². The summed E-state index contributed by atoms with van der Waals surface area (Å²) in [5, 5.41) is 13.6. The summed E-state index contributed by atoms with van der Waals surface area (Å²) in [6.07, 6.45) is 1.52. The van der Waals surface area contributed by atoms with Crippen molar-refractivity contribution in [1.82, 2.24) is 8.75 Å². The van der Waals surface area contributed by atoms with Gasteiger partial charge in [-0.2, -0.15) is 8.75 Å². The number of benzene rings is 1. The van der Waals surface area contributed by atoms with Crippen LogP contribution in [-0.2, 0) is 4.74 Å². The average Bonchev–Trinajstić information content (AvgIpc) is 2.91. The van der Waals surface area contributed by atoms with Gasteiger partial charge in [-0.1, -0.05) is 24.9 Å². The molecule has 0 aliphatic rings. The van der Waals surface area contributed by atoms with Gasteiger partial charge in [0, 0.05) is 13.2 Å². The first-order valence-electron chi connectivity index (χ1n) is 6.62. The first-order valence-corrected chi connectivity index (χ1v) is 7.73. The number of nitrogens with zero attached hydrogens (tertiary/aromatic N) is 2. The Labute approximate surface area is 127 Å². The number of fused-ring (bicyclic) bond motifs is 1. The van der Waals surface area contributed by atoms with Crippen LogP contribution in [-0.4, -0.2) is 39.7 Å². The number of nitrogens with one attached hydrogen (secondary N) is 1. The molecule has 0 bridgehead atoms. The van der Waals surface area contributed by atoms with Gasteiger partial charge in [-0.25, -0.2) is 0 Å². The summed E-state index contributed by atoms with van der Waals surface area (Å²) >= 11 is 7.29. The second kappa shape index (κ2) is 7.73. The largest absolute Gasteiger partial charge is 0.389 e. The first kappa shape index (κ1) is 15.4. The molecule has 1 unspecified atom stereocenters. The van der Waals surface area contributed by atoms with Crippen LogP contribution in [0.3, 0.4) is 0 Å². The molecule has 0 radical (unpaired) electrons. The van der Waals surface area contributed by atoms with Crippen LogP contribution in [0.4, 0.5) is 5.69 Å². The van der Waals surface area contributed by atoms with Gasteiger partial charge in [0.1, 0.15) is 11.0 Å². The Balaban J connectivity index is 1.89. The second-order valence-electron chi connectivity index (χ2n) is 4.52. The number of unbranched alkanes of at least 4 members (excludes halogenated alkanes) is 1. The van der Waals surface area contributed by atoms with Crippen molar-refractivity contribution in [2.45, 2.75) is 25.9 Å². The van der Waals surface area contributed by atoms with Crippen LogP contribution in [0.5, 0.6) is 0 Å². The summed E-state index contributed by atoms with van der Waals surface area (Å²) in [5.74, 6) is 0. The predicted octanol–water partition coefficient (Wildman–Crippen LogP) is 2.93. The van der Waals surface area contributed by atoms with E-state index in [0.717, 1.165) is 35.6 Å². The maximum atomic E-state index is 9.86. The molecule has 7 heteroatoms. The highest BCUT2D eigenvalue weighted by atomic mass is 35.5. The number of halogens is 1.